The van der Waals surface area contributed by atoms with E-state index in [4.69, 9.17) is 5.11 Å². The number of hydrogen-bond donors (Lipinski definition) is 5. The third-order valence-corrected chi connectivity index (χ3v) is 3.66. The second-order valence-electron chi connectivity index (χ2n) is 5.24. The summed E-state index contributed by atoms with van der Waals surface area (Å²) in [6, 6.07) is 0. The first-order valence-corrected chi connectivity index (χ1v) is 6.89. The normalized spacial score (nSPS) is 15.6. The molecule has 0 saturated heterocycles. The first-order valence-electron chi connectivity index (χ1n) is 6.89. The number of aliphatic hydroxyl groups excluding tert-OH is 4. The van der Waals surface area contributed by atoms with Crippen LogP contribution in [0, 0.1) is 13.8 Å². The highest BCUT2D eigenvalue weighted by atomic mass is 18.1. The minimum Gasteiger partial charge on any atom is -0.394 e. The highest BCUT2D eigenvalue weighted by Gasteiger charge is 2.27. The lowest BCUT2D eigenvalue weighted by Gasteiger charge is -2.25. The molecule has 3 atom stereocenters. The van der Waals surface area contributed by atoms with E-state index in [1.54, 1.807) is 13.8 Å². The molecule has 0 radical (unpaired) electrons. The summed E-state index contributed by atoms with van der Waals surface area (Å²) in [6.45, 7) is 2.32. The average molecular weight is 328 g/mol. The van der Waals surface area contributed by atoms with E-state index < -0.39 is 36.2 Å². The van der Waals surface area contributed by atoms with Gasteiger partial charge in [0.1, 0.15) is 18.3 Å². The maximum absolute atomic E-state index is 11.8. The highest BCUT2D eigenvalue weighted by Crippen LogP contribution is 2.18. The van der Waals surface area contributed by atoms with Crippen molar-refractivity contribution in [3.05, 3.63) is 32.2 Å². The van der Waals surface area contributed by atoms with Crippen molar-refractivity contribution >= 4 is 0 Å². The predicted octanol–water partition coefficient (Wildman–Crippen LogP) is -2.88. The van der Waals surface area contributed by atoms with Crippen LogP contribution in [0.15, 0.2) is 9.59 Å². The van der Waals surface area contributed by atoms with E-state index >= 15 is 0 Å². The van der Waals surface area contributed by atoms with Crippen LogP contribution in [0.3, 0.4) is 0 Å². The highest BCUT2D eigenvalue weighted by molar-refractivity contribution is 5.50. The fraction of sp³-hybridized carbons (Fsp3) is 0.538. The number of aliphatic hydroxyl groups is 4. The fourth-order valence-electron chi connectivity index (χ4n) is 2.21. The van der Waals surface area contributed by atoms with Gasteiger partial charge >= 0.3 is 5.69 Å². The standard InChI is InChI=1S/C13H18N4O6/c1-5-6(2)17(3-7(19)10(21)8(20)4-18)11-9(14-5)12(22)16-13(23)15-11/h7-8,10,18-21H,3-4H2,1-2H3,(H,16,22,23)/t7-,8+,10-/m0/s1/i22+2. The molecule has 0 aromatic carbocycles. The van der Waals surface area contributed by atoms with Gasteiger partial charge in [-0.1, -0.05) is 0 Å². The van der Waals surface area contributed by atoms with Gasteiger partial charge < -0.3 is 25.0 Å². The fourth-order valence-corrected chi connectivity index (χ4v) is 2.21. The average Bonchev–Trinajstić information content (AvgIpc) is 2.51. The zero-order valence-corrected chi connectivity index (χ0v) is 12.6. The molecule has 0 fully saturated rings. The number of aryl methyl sites for hydroxylation is 1. The second-order valence-corrected chi connectivity index (χ2v) is 5.24. The van der Waals surface area contributed by atoms with E-state index in [-0.39, 0.29) is 18.1 Å². The number of aromatic nitrogens is 4. The van der Waals surface area contributed by atoms with E-state index in [9.17, 15) is 24.9 Å². The quantitative estimate of drug-likeness (QED) is 0.366. The van der Waals surface area contributed by atoms with Crippen molar-refractivity contribution in [3.63, 3.8) is 0 Å². The predicted molar refractivity (Wildman–Crippen MR) is 78.1 cm³/mol. The van der Waals surface area contributed by atoms with Gasteiger partial charge in [0.2, 0.25) is 0 Å². The van der Waals surface area contributed by atoms with Crippen LogP contribution in [0.2, 0.25) is 0 Å². The van der Waals surface area contributed by atoms with Crippen LogP contribution in [-0.4, -0.2) is 64.9 Å². The van der Waals surface area contributed by atoms with Crippen molar-refractivity contribution in [2.45, 2.75) is 38.7 Å². The largest absolute Gasteiger partial charge is 0.394 e. The summed E-state index contributed by atoms with van der Waals surface area (Å²) in [5.41, 5.74) is -0.626. The van der Waals surface area contributed by atoms with Crippen molar-refractivity contribution in [1.82, 2.24) is 19.5 Å². The first-order chi connectivity index (χ1) is 10.8. The Balaban J connectivity index is 2.53. The summed E-state index contributed by atoms with van der Waals surface area (Å²) in [7, 11) is 0. The Bertz CT molecular complexity index is 785. The van der Waals surface area contributed by atoms with E-state index in [0.29, 0.717) is 11.4 Å². The Labute approximate surface area is 130 Å². The molecule has 0 aromatic heterocycles. The summed E-state index contributed by atoms with van der Waals surface area (Å²) < 4.78 is 1.37. The van der Waals surface area contributed by atoms with Crippen LogP contribution in [0.1, 0.15) is 11.4 Å². The smallest absolute Gasteiger partial charge is 0.349 e. The molecule has 0 aliphatic carbocycles. The molecule has 10 heteroatoms. The number of rotatable bonds is 5. The van der Waals surface area contributed by atoms with E-state index in [2.05, 4.69) is 9.97 Å². The van der Waals surface area contributed by atoms with Crippen LogP contribution in [0.5, 0.6) is 0 Å². The molecule has 5 N–H and O–H groups in total. The maximum atomic E-state index is 11.8. The molecular formula is C13H18N4O6. The summed E-state index contributed by atoms with van der Waals surface area (Å²) in [5, 5.41) is 38.0. The van der Waals surface area contributed by atoms with Gasteiger partial charge in [0.05, 0.1) is 18.8 Å². The summed E-state index contributed by atoms with van der Waals surface area (Å²) >= 11 is 0. The third-order valence-electron chi connectivity index (χ3n) is 3.66. The molecule has 126 valence electrons. The summed E-state index contributed by atoms with van der Waals surface area (Å²) in [4.78, 5) is 33.1. The Kier molecular flexibility index (Phi) is 4.90. The lowest BCUT2D eigenvalue weighted by Crippen LogP contribution is -2.42. The lowest BCUT2D eigenvalue weighted by atomic mass is 10.1. The van der Waals surface area contributed by atoms with Crippen LogP contribution in [-0.2, 0) is 6.54 Å². The molecule has 2 aliphatic heterocycles. The molecule has 0 spiro atoms. The molecule has 23 heavy (non-hydrogen) atoms. The molecule has 10 nitrogen and oxygen atoms in total. The summed E-state index contributed by atoms with van der Waals surface area (Å²) in [5.74, 6) is -0.0356. The minimum atomic E-state index is -1.61. The van der Waals surface area contributed by atoms with Gasteiger partial charge in [0.25, 0.3) is 5.56 Å². The number of aromatic amines is 1. The van der Waals surface area contributed by atoms with Crippen molar-refractivity contribution in [1.29, 1.82) is 0 Å². The zero-order valence-electron chi connectivity index (χ0n) is 12.6. The van der Waals surface area contributed by atoms with Crippen molar-refractivity contribution < 1.29 is 20.4 Å². The topological polar surface area (TPSA) is 162 Å². The van der Waals surface area contributed by atoms with Gasteiger partial charge in [-0.25, -0.2) is 9.78 Å². The summed E-state index contributed by atoms with van der Waals surface area (Å²) in [6.07, 6.45) is -4.59. The number of fused-ring (bicyclic) bond motifs is 1. The first kappa shape index (κ1) is 17.2. The van der Waals surface area contributed by atoms with Crippen LogP contribution >= 0.6 is 0 Å². The third kappa shape index (κ3) is 3.29. The SMILES string of the molecule is Cc1nc2c(=[18O])[nH]c(=O)nc-2n(C[C@H](O)[C@H](O)[C@H](O)CO)c1C. The van der Waals surface area contributed by atoms with Gasteiger partial charge in [-0.2, -0.15) is 4.98 Å². The molecule has 2 aliphatic rings. The van der Waals surface area contributed by atoms with Crippen molar-refractivity contribution in [3.8, 4) is 11.5 Å². The van der Waals surface area contributed by atoms with E-state index in [1.165, 1.54) is 4.57 Å². The minimum absolute atomic E-state index is 0.0356. The Morgan fingerprint density at radius 1 is 1.22 bits per heavy atom. The molecule has 0 amide bonds. The van der Waals surface area contributed by atoms with Crippen molar-refractivity contribution in [2.24, 2.45) is 0 Å². The molecule has 2 heterocycles. The number of nitrogens with one attached hydrogen (secondary N) is 1. The Hall–Kier alpha value is -2.14. The van der Waals surface area contributed by atoms with Gasteiger partial charge in [0, 0.05) is 5.69 Å². The van der Waals surface area contributed by atoms with E-state index in [0.717, 1.165) is 0 Å². The lowest BCUT2D eigenvalue weighted by molar-refractivity contribution is -0.0807. The number of hydrogen-bond acceptors (Lipinski definition) is 8. The molecule has 0 saturated carbocycles. The van der Waals surface area contributed by atoms with Gasteiger partial charge in [-0.15, -0.1) is 0 Å². The Morgan fingerprint density at radius 2 is 1.87 bits per heavy atom. The molecule has 0 bridgehead atoms. The molecule has 2 rings (SSSR count). The Morgan fingerprint density at radius 3 is 2.48 bits per heavy atom. The molecule has 0 aromatic rings. The number of H-pyrrole nitrogens is 1. The van der Waals surface area contributed by atoms with Gasteiger partial charge in [-0.05, 0) is 13.8 Å². The van der Waals surface area contributed by atoms with E-state index in [1.807, 2.05) is 4.98 Å². The van der Waals surface area contributed by atoms with Crippen LogP contribution < -0.4 is 11.2 Å². The van der Waals surface area contributed by atoms with Gasteiger partial charge in [0.15, 0.2) is 11.5 Å². The van der Waals surface area contributed by atoms with Gasteiger partial charge in [-0.3, -0.25) is 9.78 Å². The van der Waals surface area contributed by atoms with Crippen molar-refractivity contribution in [2.75, 3.05) is 6.61 Å². The second kappa shape index (κ2) is 6.54. The maximum Gasteiger partial charge on any atom is 0.349 e. The zero-order chi connectivity index (χ0) is 17.3. The van der Waals surface area contributed by atoms with Crippen LogP contribution in [0.4, 0.5) is 0 Å². The van der Waals surface area contributed by atoms with Crippen LogP contribution in [0.25, 0.3) is 11.5 Å². The molecule has 0 unspecified atom stereocenters. The number of nitrogens with zero attached hydrogens (tertiary/aromatic N) is 3. The molecular weight excluding hydrogens is 310 g/mol. The monoisotopic (exact) mass is 328 g/mol.